The topological polar surface area (TPSA) is 106 Å². The number of nitrogens with zero attached hydrogens (tertiary/aromatic N) is 3. The number of halogens is 2. The molecule has 3 heterocycles. The zero-order valence-corrected chi connectivity index (χ0v) is 20.3. The quantitative estimate of drug-likeness (QED) is 0.516. The lowest BCUT2D eigenvalue weighted by Gasteiger charge is -2.33. The van der Waals surface area contributed by atoms with E-state index in [-0.39, 0.29) is 28.6 Å². The molecule has 2 N–H and O–H groups in total. The lowest BCUT2D eigenvalue weighted by molar-refractivity contribution is -0.136. The number of nitrogens with one attached hydrogen (secondary N) is 2. The second kappa shape index (κ2) is 10.1. The van der Waals surface area contributed by atoms with Crippen molar-refractivity contribution in [3.63, 3.8) is 0 Å². The highest BCUT2D eigenvalue weighted by molar-refractivity contribution is 6.31. The number of benzene rings is 2. The molecule has 1 unspecified atom stereocenters. The van der Waals surface area contributed by atoms with E-state index in [9.17, 15) is 14.0 Å². The molecule has 3 aromatic rings. The molecule has 0 aliphatic carbocycles. The van der Waals surface area contributed by atoms with Crippen molar-refractivity contribution in [3.8, 4) is 11.5 Å². The van der Waals surface area contributed by atoms with Crippen molar-refractivity contribution in [2.75, 3.05) is 25.5 Å². The van der Waals surface area contributed by atoms with Crippen LogP contribution in [-0.2, 0) is 9.59 Å². The first-order valence-electron chi connectivity index (χ1n) is 11.7. The van der Waals surface area contributed by atoms with Gasteiger partial charge in [-0.3, -0.25) is 9.59 Å². The zero-order valence-electron chi connectivity index (χ0n) is 19.6. The first-order chi connectivity index (χ1) is 17.4. The van der Waals surface area contributed by atoms with Crippen molar-refractivity contribution >= 4 is 45.8 Å². The van der Waals surface area contributed by atoms with Crippen molar-refractivity contribution < 1.29 is 23.5 Å². The van der Waals surface area contributed by atoms with Crippen molar-refractivity contribution in [1.29, 1.82) is 0 Å². The summed E-state index contributed by atoms with van der Waals surface area (Å²) in [4.78, 5) is 34.5. The Labute approximate surface area is 211 Å². The number of methoxy groups -OCH3 is 1. The number of anilines is 2. The van der Waals surface area contributed by atoms with Gasteiger partial charge in [-0.05, 0) is 24.6 Å². The second-order valence-electron chi connectivity index (χ2n) is 8.77. The van der Waals surface area contributed by atoms with Crippen LogP contribution in [0.4, 0.5) is 15.9 Å². The van der Waals surface area contributed by atoms with Gasteiger partial charge in [-0.2, -0.15) is 0 Å². The summed E-state index contributed by atoms with van der Waals surface area (Å²) in [5.74, 6) is 0.732. The Hall–Kier alpha value is -3.66. The van der Waals surface area contributed by atoms with Crippen molar-refractivity contribution in [3.05, 3.63) is 47.5 Å². The molecule has 11 heteroatoms. The molecule has 36 heavy (non-hydrogen) atoms. The van der Waals surface area contributed by atoms with E-state index in [4.69, 9.17) is 21.1 Å². The van der Waals surface area contributed by atoms with Crippen molar-refractivity contribution in [1.82, 2.24) is 20.2 Å². The van der Waals surface area contributed by atoms with Crippen LogP contribution < -0.4 is 20.1 Å². The number of amides is 2. The number of rotatable bonds is 6. The molecular formula is C25H25ClFN5O4. The number of likely N-dealkylation sites (tertiary alicyclic amines) is 1. The smallest absolute Gasteiger partial charge is 0.245 e. The van der Waals surface area contributed by atoms with Crippen LogP contribution in [0.2, 0.25) is 5.02 Å². The molecule has 2 saturated heterocycles. The van der Waals surface area contributed by atoms with Gasteiger partial charge in [0.15, 0.2) is 17.3 Å². The molecule has 2 aliphatic rings. The van der Waals surface area contributed by atoms with Gasteiger partial charge in [0, 0.05) is 43.8 Å². The maximum atomic E-state index is 14.4. The van der Waals surface area contributed by atoms with E-state index in [1.807, 2.05) is 0 Å². The van der Waals surface area contributed by atoms with E-state index < -0.39 is 11.9 Å². The van der Waals surface area contributed by atoms with E-state index in [1.165, 1.54) is 12.4 Å². The Kier molecular flexibility index (Phi) is 6.77. The summed E-state index contributed by atoms with van der Waals surface area (Å²) in [6.45, 7) is 1.10. The number of fused-ring (bicyclic) bond motifs is 1. The molecule has 1 aromatic heterocycles. The molecule has 2 aromatic carbocycles. The lowest BCUT2D eigenvalue weighted by atomic mass is 10.1. The molecule has 188 valence electrons. The van der Waals surface area contributed by atoms with Crippen LogP contribution in [0, 0.1) is 5.82 Å². The molecule has 5 rings (SSSR count). The van der Waals surface area contributed by atoms with E-state index in [2.05, 4.69) is 20.6 Å². The molecule has 0 saturated carbocycles. The van der Waals surface area contributed by atoms with Gasteiger partial charge in [0.25, 0.3) is 0 Å². The number of hydrogen-bond donors (Lipinski definition) is 2. The minimum Gasteiger partial charge on any atom is -0.493 e. The van der Waals surface area contributed by atoms with Crippen LogP contribution >= 0.6 is 11.6 Å². The van der Waals surface area contributed by atoms with E-state index in [1.54, 1.807) is 36.3 Å². The molecule has 1 atom stereocenters. The molecule has 9 nitrogen and oxygen atoms in total. The van der Waals surface area contributed by atoms with Gasteiger partial charge in [0.2, 0.25) is 11.8 Å². The number of hydrogen-bond acceptors (Lipinski definition) is 7. The Balaban J connectivity index is 1.31. The average Bonchev–Trinajstić information content (AvgIpc) is 3.33. The Morgan fingerprint density at radius 3 is 2.72 bits per heavy atom. The van der Waals surface area contributed by atoms with E-state index in [0.717, 1.165) is 0 Å². The fourth-order valence-corrected chi connectivity index (χ4v) is 4.71. The molecular weight excluding hydrogens is 489 g/mol. The Morgan fingerprint density at radius 2 is 2.00 bits per heavy atom. The predicted octanol–water partition coefficient (Wildman–Crippen LogP) is 3.82. The third-order valence-corrected chi connectivity index (χ3v) is 6.76. The maximum Gasteiger partial charge on any atom is 0.245 e. The summed E-state index contributed by atoms with van der Waals surface area (Å²) in [6.07, 6.45) is 3.52. The minimum atomic E-state index is -0.571. The van der Waals surface area contributed by atoms with Crippen LogP contribution in [0.15, 0.2) is 36.7 Å². The normalized spacial score (nSPS) is 18.2. The average molecular weight is 514 g/mol. The Morgan fingerprint density at radius 1 is 1.19 bits per heavy atom. The third-order valence-electron chi connectivity index (χ3n) is 6.47. The fraction of sp³-hybridized carbons (Fsp3) is 0.360. The second-order valence-corrected chi connectivity index (χ2v) is 9.18. The van der Waals surface area contributed by atoms with Gasteiger partial charge in [-0.25, -0.2) is 14.4 Å². The molecule has 2 fully saturated rings. The summed E-state index contributed by atoms with van der Waals surface area (Å²) in [5, 5.41) is 6.35. The minimum absolute atomic E-state index is 0.00682. The highest BCUT2D eigenvalue weighted by Crippen LogP contribution is 2.36. The summed E-state index contributed by atoms with van der Waals surface area (Å²) in [5.41, 5.74) is 0.788. The zero-order chi connectivity index (χ0) is 25.2. The van der Waals surface area contributed by atoms with Gasteiger partial charge in [-0.1, -0.05) is 17.7 Å². The summed E-state index contributed by atoms with van der Waals surface area (Å²) in [6, 6.07) is 7.78. The number of ether oxygens (including phenoxy) is 2. The fourth-order valence-electron chi connectivity index (χ4n) is 4.54. The summed E-state index contributed by atoms with van der Waals surface area (Å²) >= 11 is 5.90. The first kappa shape index (κ1) is 24.1. The van der Waals surface area contributed by atoms with Gasteiger partial charge in [0.1, 0.15) is 24.3 Å². The largest absolute Gasteiger partial charge is 0.493 e. The lowest BCUT2D eigenvalue weighted by Crippen LogP contribution is -2.49. The molecule has 2 aliphatic heterocycles. The standard InChI is InChI=1S/C25H25ClFN5O4/c1-35-20-11-15-19(28-13-29-24(15)31-17-4-2-3-16(26)23(17)27)12-21(20)36-14-7-9-32(10-8-14)25(34)18-5-6-22(33)30-18/h2-4,11-14,18H,5-10H2,1H3,(H,30,33)(H,28,29,31). The van der Waals surface area contributed by atoms with Crippen molar-refractivity contribution in [2.45, 2.75) is 37.8 Å². The van der Waals surface area contributed by atoms with Gasteiger partial charge < -0.3 is 25.0 Å². The Bertz CT molecular complexity index is 1320. The van der Waals surface area contributed by atoms with E-state index >= 15 is 0 Å². The molecule has 2 amide bonds. The summed E-state index contributed by atoms with van der Waals surface area (Å²) in [7, 11) is 1.54. The number of carbonyl (C=O) groups excluding carboxylic acids is 2. The van der Waals surface area contributed by atoms with Crippen LogP contribution in [0.25, 0.3) is 10.9 Å². The third kappa shape index (κ3) is 4.86. The first-order valence-corrected chi connectivity index (χ1v) is 12.1. The highest BCUT2D eigenvalue weighted by atomic mass is 35.5. The van der Waals surface area contributed by atoms with Gasteiger partial charge >= 0.3 is 0 Å². The maximum absolute atomic E-state index is 14.4. The van der Waals surface area contributed by atoms with Crippen LogP contribution in [0.1, 0.15) is 25.7 Å². The van der Waals surface area contributed by atoms with E-state index in [0.29, 0.717) is 67.0 Å². The predicted molar refractivity (Wildman–Crippen MR) is 132 cm³/mol. The monoisotopic (exact) mass is 513 g/mol. The van der Waals surface area contributed by atoms with Crippen LogP contribution in [-0.4, -0.2) is 59.0 Å². The van der Waals surface area contributed by atoms with Gasteiger partial charge in [-0.15, -0.1) is 0 Å². The van der Waals surface area contributed by atoms with Crippen molar-refractivity contribution in [2.24, 2.45) is 0 Å². The summed E-state index contributed by atoms with van der Waals surface area (Å²) < 4.78 is 26.2. The highest BCUT2D eigenvalue weighted by Gasteiger charge is 2.33. The van der Waals surface area contributed by atoms with Crippen LogP contribution in [0.5, 0.6) is 11.5 Å². The van der Waals surface area contributed by atoms with Gasteiger partial charge in [0.05, 0.1) is 23.3 Å². The number of piperidine rings is 1. The van der Waals surface area contributed by atoms with Crippen LogP contribution in [0.3, 0.4) is 0 Å². The number of carbonyl (C=O) groups is 2. The molecule has 0 bridgehead atoms. The number of aromatic nitrogens is 2. The SMILES string of the molecule is COc1cc2c(Nc3cccc(Cl)c3F)ncnc2cc1OC1CCN(C(=O)C2CCC(=O)N2)CC1. The molecule has 0 spiro atoms. The molecule has 0 radical (unpaired) electrons.